The van der Waals surface area contributed by atoms with E-state index in [-0.39, 0.29) is 12.2 Å². The van der Waals surface area contributed by atoms with Crippen LogP contribution in [0.3, 0.4) is 0 Å². The van der Waals surface area contributed by atoms with Crippen LogP contribution >= 0.6 is 0 Å². The van der Waals surface area contributed by atoms with Crippen LogP contribution in [0.2, 0.25) is 0 Å². The molecule has 0 heterocycles. The molecule has 2 rings (SSSR count). The summed E-state index contributed by atoms with van der Waals surface area (Å²) in [5, 5.41) is 0. The van der Waals surface area contributed by atoms with Gasteiger partial charge in [0.25, 0.3) is 0 Å². The zero-order valence-electron chi connectivity index (χ0n) is 11.1. The fraction of sp³-hybridized carbons (Fsp3) is 0.118. The predicted molar refractivity (Wildman–Crippen MR) is 75.6 cm³/mol. The fourth-order valence-electron chi connectivity index (χ4n) is 1.83. The zero-order valence-corrected chi connectivity index (χ0v) is 11.1. The third-order valence-electron chi connectivity index (χ3n) is 2.92. The van der Waals surface area contributed by atoms with Gasteiger partial charge in [-0.05, 0) is 29.3 Å². The summed E-state index contributed by atoms with van der Waals surface area (Å²) in [5.74, 6) is -0.154. The van der Waals surface area contributed by atoms with Gasteiger partial charge in [0.15, 0.2) is 5.78 Å². The van der Waals surface area contributed by atoms with Crippen molar-refractivity contribution in [3.05, 3.63) is 77.4 Å². The molecular weight excluding hydrogens is 277 g/mol. The molecule has 0 radical (unpaired) electrons. The molecule has 0 saturated heterocycles. The van der Waals surface area contributed by atoms with Gasteiger partial charge in [0.1, 0.15) is 0 Å². The first-order valence-corrected chi connectivity index (χ1v) is 6.37. The van der Waals surface area contributed by atoms with E-state index in [1.807, 2.05) is 30.3 Å². The number of carbonyl (C=O) groups is 1. The fourth-order valence-corrected chi connectivity index (χ4v) is 1.83. The van der Waals surface area contributed by atoms with Crippen LogP contribution in [0.25, 0.3) is 6.08 Å². The second-order valence-electron chi connectivity index (χ2n) is 4.58. The lowest BCUT2D eigenvalue weighted by Gasteiger charge is -2.06. The van der Waals surface area contributed by atoms with E-state index in [0.717, 1.165) is 17.7 Å². The van der Waals surface area contributed by atoms with E-state index in [2.05, 4.69) is 0 Å². The van der Waals surface area contributed by atoms with Crippen molar-refractivity contribution >= 4 is 11.9 Å². The highest BCUT2D eigenvalue weighted by atomic mass is 19.4. The molecule has 0 aliphatic heterocycles. The monoisotopic (exact) mass is 290 g/mol. The van der Waals surface area contributed by atoms with Gasteiger partial charge in [-0.2, -0.15) is 13.2 Å². The van der Waals surface area contributed by atoms with E-state index >= 15 is 0 Å². The Balaban J connectivity index is 1.98. The number of hydrogen-bond donors (Lipinski definition) is 0. The Kier molecular flexibility index (Phi) is 4.58. The highest BCUT2D eigenvalue weighted by Crippen LogP contribution is 2.29. The molecule has 0 aliphatic rings. The van der Waals surface area contributed by atoms with Crippen molar-refractivity contribution in [2.24, 2.45) is 0 Å². The van der Waals surface area contributed by atoms with Crippen LogP contribution in [-0.4, -0.2) is 5.78 Å². The second-order valence-corrected chi connectivity index (χ2v) is 4.58. The van der Waals surface area contributed by atoms with E-state index < -0.39 is 11.7 Å². The minimum absolute atomic E-state index is 0.0848. The normalized spacial score (nSPS) is 11.8. The third kappa shape index (κ3) is 4.60. The maximum Gasteiger partial charge on any atom is 0.416 e. The Morgan fingerprint density at radius 1 is 0.952 bits per heavy atom. The Labute approximate surface area is 120 Å². The van der Waals surface area contributed by atoms with Crippen LogP contribution in [0.1, 0.15) is 16.7 Å². The van der Waals surface area contributed by atoms with Gasteiger partial charge in [-0.15, -0.1) is 0 Å². The van der Waals surface area contributed by atoms with Gasteiger partial charge in [-0.3, -0.25) is 4.79 Å². The average molecular weight is 290 g/mol. The number of benzene rings is 2. The van der Waals surface area contributed by atoms with Crippen molar-refractivity contribution in [2.75, 3.05) is 0 Å². The summed E-state index contributed by atoms with van der Waals surface area (Å²) in [6.45, 7) is 0. The molecule has 0 bridgehead atoms. The molecule has 0 spiro atoms. The highest BCUT2D eigenvalue weighted by molar-refractivity contribution is 5.95. The smallest absolute Gasteiger partial charge is 0.294 e. The van der Waals surface area contributed by atoms with Gasteiger partial charge >= 0.3 is 6.18 Å². The van der Waals surface area contributed by atoms with E-state index in [4.69, 9.17) is 0 Å². The molecule has 2 aromatic rings. The predicted octanol–water partition coefficient (Wildman–Crippen LogP) is 4.53. The number of allylic oxidation sites excluding steroid dienone is 1. The van der Waals surface area contributed by atoms with Crippen molar-refractivity contribution in [1.29, 1.82) is 0 Å². The molecule has 108 valence electrons. The number of halogens is 3. The molecule has 0 fully saturated rings. The van der Waals surface area contributed by atoms with Crippen LogP contribution in [0, 0.1) is 0 Å². The van der Waals surface area contributed by atoms with Crippen molar-refractivity contribution in [3.63, 3.8) is 0 Å². The molecule has 0 aliphatic carbocycles. The lowest BCUT2D eigenvalue weighted by Crippen LogP contribution is -2.05. The minimum Gasteiger partial charge on any atom is -0.294 e. The second kappa shape index (κ2) is 6.39. The molecule has 1 nitrogen and oxygen atoms in total. The molecule has 4 heteroatoms. The van der Waals surface area contributed by atoms with Crippen molar-refractivity contribution in [2.45, 2.75) is 12.6 Å². The molecule has 0 unspecified atom stereocenters. The van der Waals surface area contributed by atoms with Gasteiger partial charge in [-0.25, -0.2) is 0 Å². The SMILES string of the molecule is O=C(/C=C/c1ccccc1)Cc1ccc(C(F)(F)F)cc1. The first kappa shape index (κ1) is 15.0. The summed E-state index contributed by atoms with van der Waals surface area (Å²) in [7, 11) is 0. The van der Waals surface area contributed by atoms with Crippen LogP contribution in [0.4, 0.5) is 13.2 Å². The molecule has 2 aromatic carbocycles. The van der Waals surface area contributed by atoms with Gasteiger partial charge in [0.05, 0.1) is 5.56 Å². The standard InChI is InChI=1S/C17H13F3O/c18-17(19,20)15-9-6-14(7-10-15)12-16(21)11-8-13-4-2-1-3-5-13/h1-11H,12H2/b11-8+. The maximum absolute atomic E-state index is 12.4. The van der Waals surface area contributed by atoms with Crippen LogP contribution in [-0.2, 0) is 17.4 Å². The lowest BCUT2D eigenvalue weighted by atomic mass is 10.1. The summed E-state index contributed by atoms with van der Waals surface area (Å²) < 4.78 is 37.2. The molecular formula is C17H13F3O. The molecule has 0 aromatic heterocycles. The number of ketones is 1. The van der Waals surface area contributed by atoms with Crippen LogP contribution in [0.15, 0.2) is 60.7 Å². The zero-order chi connectivity index (χ0) is 15.3. The Morgan fingerprint density at radius 3 is 2.14 bits per heavy atom. The molecule has 0 saturated carbocycles. The summed E-state index contributed by atoms with van der Waals surface area (Å²) >= 11 is 0. The number of carbonyl (C=O) groups excluding carboxylic acids is 1. The molecule has 0 amide bonds. The summed E-state index contributed by atoms with van der Waals surface area (Å²) in [4.78, 5) is 11.8. The summed E-state index contributed by atoms with van der Waals surface area (Å²) in [6.07, 6.45) is -1.14. The van der Waals surface area contributed by atoms with Crippen LogP contribution in [0.5, 0.6) is 0 Å². The molecule has 21 heavy (non-hydrogen) atoms. The minimum atomic E-state index is -4.35. The third-order valence-corrected chi connectivity index (χ3v) is 2.92. The topological polar surface area (TPSA) is 17.1 Å². The average Bonchev–Trinajstić information content (AvgIpc) is 2.46. The maximum atomic E-state index is 12.4. The quantitative estimate of drug-likeness (QED) is 0.756. The number of rotatable bonds is 4. The van der Waals surface area contributed by atoms with Gasteiger partial charge in [-0.1, -0.05) is 48.5 Å². The van der Waals surface area contributed by atoms with Crippen molar-refractivity contribution < 1.29 is 18.0 Å². The Hall–Kier alpha value is -2.36. The lowest BCUT2D eigenvalue weighted by molar-refractivity contribution is -0.137. The Morgan fingerprint density at radius 2 is 1.57 bits per heavy atom. The van der Waals surface area contributed by atoms with E-state index in [1.54, 1.807) is 6.08 Å². The molecule has 0 N–H and O–H groups in total. The van der Waals surface area contributed by atoms with Crippen LogP contribution < -0.4 is 0 Å². The summed E-state index contributed by atoms with van der Waals surface area (Å²) in [6, 6.07) is 14.0. The van der Waals surface area contributed by atoms with Gasteiger partial charge < -0.3 is 0 Å². The first-order valence-electron chi connectivity index (χ1n) is 6.37. The van der Waals surface area contributed by atoms with E-state index in [9.17, 15) is 18.0 Å². The largest absolute Gasteiger partial charge is 0.416 e. The summed E-state index contributed by atoms with van der Waals surface area (Å²) in [5.41, 5.74) is 0.752. The van der Waals surface area contributed by atoms with Crippen molar-refractivity contribution in [1.82, 2.24) is 0 Å². The number of alkyl halides is 3. The highest BCUT2D eigenvalue weighted by Gasteiger charge is 2.29. The van der Waals surface area contributed by atoms with Gasteiger partial charge in [0.2, 0.25) is 0 Å². The van der Waals surface area contributed by atoms with E-state index in [0.29, 0.717) is 5.56 Å². The van der Waals surface area contributed by atoms with Crippen molar-refractivity contribution in [3.8, 4) is 0 Å². The van der Waals surface area contributed by atoms with Gasteiger partial charge in [0, 0.05) is 6.42 Å². The number of hydrogen-bond acceptors (Lipinski definition) is 1. The van der Waals surface area contributed by atoms with E-state index in [1.165, 1.54) is 18.2 Å². The molecule has 0 atom stereocenters. The Bertz CT molecular complexity index is 625. The first-order chi connectivity index (χ1) is 9.95.